The molecule has 0 saturated carbocycles. The van der Waals surface area contributed by atoms with Crippen LogP contribution in [0.5, 0.6) is 0 Å². The number of hydrogen-bond acceptors (Lipinski definition) is 2. The van der Waals surface area contributed by atoms with Crippen molar-refractivity contribution in [3.8, 4) is 0 Å². The Morgan fingerprint density at radius 2 is 2.14 bits per heavy atom. The van der Waals surface area contributed by atoms with E-state index < -0.39 is 5.54 Å². The highest BCUT2D eigenvalue weighted by molar-refractivity contribution is 9.10. The summed E-state index contributed by atoms with van der Waals surface area (Å²) in [5.41, 5.74) is 0.166. The lowest BCUT2D eigenvalue weighted by Crippen LogP contribution is -2.14. The molecule has 74 valence electrons. The first-order valence-electron chi connectivity index (χ1n) is 4.02. The van der Waals surface area contributed by atoms with Crippen LogP contribution in [0.1, 0.15) is 19.4 Å². The van der Waals surface area contributed by atoms with Gasteiger partial charge in [0.1, 0.15) is 0 Å². The Kier molecular flexibility index (Phi) is 3.48. The lowest BCUT2D eigenvalue weighted by molar-refractivity contribution is 0.523. The summed E-state index contributed by atoms with van der Waals surface area (Å²) in [6.45, 7) is 3.62. The second kappa shape index (κ2) is 4.26. The largest absolute Gasteiger partial charge is 0.235 e. The molecule has 1 rings (SSSR count). The summed E-state index contributed by atoms with van der Waals surface area (Å²) in [6.07, 6.45) is 1.55. The van der Waals surface area contributed by atoms with Crippen molar-refractivity contribution in [1.29, 1.82) is 0 Å². The average molecular weight is 275 g/mol. The Hall–Kier alpha value is -0.630. The minimum absolute atomic E-state index is 0.580. The van der Waals surface area contributed by atoms with Crippen LogP contribution in [0.15, 0.2) is 27.7 Å². The van der Waals surface area contributed by atoms with E-state index in [1.807, 2.05) is 32.0 Å². The predicted molar refractivity (Wildman–Crippen MR) is 60.3 cm³/mol. The standard InChI is InChI=1S/C10H9BrClNO/c1-10(2,13-6-14)7-4-3-5-8(11)9(7)12/h3-5H,1-2H3. The zero-order valence-corrected chi connectivity index (χ0v) is 10.2. The maximum Gasteiger partial charge on any atom is 0.235 e. The molecule has 0 unspecified atom stereocenters. The van der Waals surface area contributed by atoms with Crippen molar-refractivity contribution in [1.82, 2.24) is 0 Å². The van der Waals surface area contributed by atoms with Crippen LogP contribution in [0, 0.1) is 0 Å². The van der Waals surface area contributed by atoms with Gasteiger partial charge in [-0.05, 0) is 41.4 Å². The van der Waals surface area contributed by atoms with E-state index in [1.54, 1.807) is 6.08 Å². The molecule has 0 bridgehead atoms. The second-order valence-corrected chi connectivity index (χ2v) is 4.60. The van der Waals surface area contributed by atoms with E-state index in [1.165, 1.54) is 0 Å². The van der Waals surface area contributed by atoms with Crippen LogP contribution in [-0.2, 0) is 10.3 Å². The van der Waals surface area contributed by atoms with Gasteiger partial charge < -0.3 is 0 Å². The predicted octanol–water partition coefficient (Wildman–Crippen LogP) is 3.67. The molecule has 0 atom stereocenters. The summed E-state index contributed by atoms with van der Waals surface area (Å²) < 4.78 is 0.797. The van der Waals surface area contributed by atoms with E-state index in [-0.39, 0.29) is 0 Å². The number of nitrogens with zero attached hydrogens (tertiary/aromatic N) is 1. The molecular formula is C10H9BrClNO. The maximum absolute atomic E-state index is 10.2. The normalized spacial score (nSPS) is 10.9. The third-order valence-corrected chi connectivity index (χ3v) is 3.23. The van der Waals surface area contributed by atoms with E-state index in [0.717, 1.165) is 10.0 Å². The summed E-state index contributed by atoms with van der Waals surface area (Å²) in [5.74, 6) is 0. The maximum atomic E-state index is 10.2. The fourth-order valence-corrected chi connectivity index (χ4v) is 1.87. The minimum atomic E-state index is -0.636. The molecule has 0 N–H and O–H groups in total. The lowest BCUT2D eigenvalue weighted by atomic mass is 9.95. The molecule has 0 radical (unpaired) electrons. The van der Waals surface area contributed by atoms with Crippen molar-refractivity contribution < 1.29 is 4.79 Å². The Morgan fingerprint density at radius 1 is 1.50 bits per heavy atom. The number of hydrogen-bond donors (Lipinski definition) is 0. The molecule has 2 nitrogen and oxygen atoms in total. The quantitative estimate of drug-likeness (QED) is 0.597. The average Bonchev–Trinajstić information content (AvgIpc) is 2.09. The fraction of sp³-hybridized carbons (Fsp3) is 0.300. The summed E-state index contributed by atoms with van der Waals surface area (Å²) in [6, 6.07) is 5.54. The zero-order valence-electron chi connectivity index (χ0n) is 7.84. The molecule has 0 heterocycles. The number of isocyanates is 1. The first-order valence-corrected chi connectivity index (χ1v) is 5.19. The van der Waals surface area contributed by atoms with Crippen LogP contribution in [0.25, 0.3) is 0 Å². The summed E-state index contributed by atoms with van der Waals surface area (Å²) >= 11 is 9.39. The zero-order chi connectivity index (χ0) is 10.8. The molecule has 0 aromatic heterocycles. The van der Waals surface area contributed by atoms with Gasteiger partial charge in [-0.15, -0.1) is 0 Å². The summed E-state index contributed by atoms with van der Waals surface area (Å²) in [5, 5.41) is 0.580. The van der Waals surface area contributed by atoms with E-state index in [4.69, 9.17) is 11.6 Å². The van der Waals surface area contributed by atoms with E-state index >= 15 is 0 Å². The number of halogens is 2. The van der Waals surface area contributed by atoms with Gasteiger partial charge in [0.05, 0.1) is 10.6 Å². The van der Waals surface area contributed by atoms with Gasteiger partial charge in [-0.2, -0.15) is 4.99 Å². The van der Waals surface area contributed by atoms with Crippen molar-refractivity contribution in [3.63, 3.8) is 0 Å². The van der Waals surface area contributed by atoms with Gasteiger partial charge in [-0.1, -0.05) is 23.7 Å². The molecule has 0 aliphatic rings. The van der Waals surface area contributed by atoms with Crippen molar-refractivity contribution >= 4 is 33.6 Å². The molecule has 0 fully saturated rings. The lowest BCUT2D eigenvalue weighted by Gasteiger charge is -2.19. The third kappa shape index (κ3) is 2.24. The molecule has 0 aliphatic carbocycles. The van der Waals surface area contributed by atoms with Gasteiger partial charge in [-0.25, -0.2) is 4.79 Å². The van der Waals surface area contributed by atoms with Crippen molar-refractivity contribution in [2.75, 3.05) is 0 Å². The third-order valence-electron chi connectivity index (χ3n) is 1.94. The number of rotatable bonds is 2. The number of benzene rings is 1. The Bertz CT molecular complexity index is 397. The molecule has 1 aromatic rings. The smallest absolute Gasteiger partial charge is 0.211 e. The second-order valence-electron chi connectivity index (χ2n) is 3.36. The van der Waals surface area contributed by atoms with Crippen LogP contribution in [-0.4, -0.2) is 6.08 Å². The van der Waals surface area contributed by atoms with E-state index in [0.29, 0.717) is 5.02 Å². The highest BCUT2D eigenvalue weighted by Crippen LogP contribution is 2.35. The Labute approximate surface area is 96.1 Å². The highest BCUT2D eigenvalue weighted by Gasteiger charge is 2.23. The molecule has 4 heteroatoms. The van der Waals surface area contributed by atoms with Crippen LogP contribution in [0.2, 0.25) is 5.02 Å². The van der Waals surface area contributed by atoms with Crippen LogP contribution >= 0.6 is 27.5 Å². The number of aliphatic imine (C=N–C) groups is 1. The molecule has 0 spiro atoms. The minimum Gasteiger partial charge on any atom is -0.211 e. The van der Waals surface area contributed by atoms with Gasteiger partial charge in [-0.3, -0.25) is 0 Å². The van der Waals surface area contributed by atoms with Gasteiger partial charge in [0.2, 0.25) is 6.08 Å². The molecule has 14 heavy (non-hydrogen) atoms. The van der Waals surface area contributed by atoms with Crippen molar-refractivity contribution in [2.45, 2.75) is 19.4 Å². The van der Waals surface area contributed by atoms with Crippen LogP contribution in [0.4, 0.5) is 0 Å². The topological polar surface area (TPSA) is 29.4 Å². The van der Waals surface area contributed by atoms with Gasteiger partial charge in [0.15, 0.2) is 0 Å². The van der Waals surface area contributed by atoms with E-state index in [9.17, 15) is 4.79 Å². The molecule has 0 saturated heterocycles. The Morgan fingerprint density at radius 3 is 2.71 bits per heavy atom. The van der Waals surface area contributed by atoms with Gasteiger partial charge >= 0.3 is 0 Å². The van der Waals surface area contributed by atoms with Gasteiger partial charge in [0, 0.05) is 4.47 Å². The summed E-state index contributed by atoms with van der Waals surface area (Å²) in [4.78, 5) is 14.0. The van der Waals surface area contributed by atoms with Gasteiger partial charge in [0.25, 0.3) is 0 Å². The van der Waals surface area contributed by atoms with Crippen LogP contribution < -0.4 is 0 Å². The van der Waals surface area contributed by atoms with Crippen LogP contribution in [0.3, 0.4) is 0 Å². The number of carbonyl (C=O) groups excluding carboxylic acids is 1. The SMILES string of the molecule is CC(C)(N=C=O)c1cccc(Br)c1Cl. The van der Waals surface area contributed by atoms with Crippen molar-refractivity contribution in [2.24, 2.45) is 4.99 Å². The summed E-state index contributed by atoms with van der Waals surface area (Å²) in [7, 11) is 0. The Balaban J connectivity index is 3.32. The first-order chi connectivity index (χ1) is 6.49. The molecule has 0 aliphatic heterocycles. The molecular weight excluding hydrogens is 265 g/mol. The first kappa shape index (κ1) is 11.4. The van der Waals surface area contributed by atoms with Crippen molar-refractivity contribution in [3.05, 3.63) is 33.3 Å². The van der Waals surface area contributed by atoms with E-state index in [2.05, 4.69) is 20.9 Å². The monoisotopic (exact) mass is 273 g/mol. The highest BCUT2D eigenvalue weighted by atomic mass is 79.9. The molecule has 0 amide bonds. The fourth-order valence-electron chi connectivity index (χ4n) is 1.15. The molecule has 1 aromatic carbocycles.